The lowest BCUT2D eigenvalue weighted by atomic mass is 9.95. The maximum atomic E-state index is 12.5. The van der Waals surface area contributed by atoms with Crippen LogP contribution in [0.5, 0.6) is 0 Å². The Morgan fingerprint density at radius 3 is 2.90 bits per heavy atom. The van der Waals surface area contributed by atoms with E-state index in [1.165, 1.54) is 5.56 Å². The lowest BCUT2D eigenvalue weighted by Crippen LogP contribution is -2.45. The minimum atomic E-state index is -0.460. The zero-order chi connectivity index (χ0) is 15.2. The Morgan fingerprint density at radius 1 is 1.43 bits per heavy atom. The summed E-state index contributed by atoms with van der Waals surface area (Å²) in [6, 6.07) is 3.61. The van der Waals surface area contributed by atoms with Crippen LogP contribution in [0, 0.1) is 5.41 Å². The first-order valence-electron chi connectivity index (χ1n) is 7.33. The predicted molar refractivity (Wildman–Crippen MR) is 82.6 cm³/mol. The molecule has 1 aliphatic heterocycles. The number of carbonyl (C=O) groups excluding carboxylic acids is 1. The molecule has 0 aliphatic carbocycles. The first-order valence-corrected chi connectivity index (χ1v) is 7.33. The third-order valence-corrected chi connectivity index (χ3v) is 3.92. The first kappa shape index (κ1) is 14.1. The van der Waals surface area contributed by atoms with Crippen LogP contribution in [0.4, 0.5) is 0 Å². The van der Waals surface area contributed by atoms with Crippen LogP contribution in [0.15, 0.2) is 18.3 Å². The van der Waals surface area contributed by atoms with Crippen molar-refractivity contribution in [3.63, 3.8) is 0 Å². The molecule has 1 amide bonds. The molecule has 0 spiro atoms. The van der Waals surface area contributed by atoms with Crippen LogP contribution < -0.4 is 5.73 Å². The summed E-state index contributed by atoms with van der Waals surface area (Å²) in [4.78, 5) is 14.4. The molecular formula is C16H22N4O. The molecule has 112 valence electrons. The number of fused-ring (bicyclic) bond motifs is 3. The summed E-state index contributed by atoms with van der Waals surface area (Å²) in [5, 5.41) is 8.20. The fourth-order valence-corrected chi connectivity index (χ4v) is 3.03. The maximum absolute atomic E-state index is 12.5. The van der Waals surface area contributed by atoms with Crippen molar-refractivity contribution in [3.8, 4) is 0 Å². The van der Waals surface area contributed by atoms with Gasteiger partial charge in [-0.25, -0.2) is 0 Å². The molecule has 2 heterocycles. The molecule has 0 fully saturated rings. The number of amides is 1. The summed E-state index contributed by atoms with van der Waals surface area (Å²) in [6.07, 6.45) is 2.43. The number of nitrogens with one attached hydrogen (secondary N) is 1. The molecule has 1 atom stereocenters. The van der Waals surface area contributed by atoms with E-state index in [9.17, 15) is 4.79 Å². The summed E-state index contributed by atoms with van der Waals surface area (Å²) in [5.41, 5.74) is 9.49. The van der Waals surface area contributed by atoms with E-state index in [0.29, 0.717) is 19.5 Å². The lowest BCUT2D eigenvalue weighted by Gasteiger charge is -2.30. The van der Waals surface area contributed by atoms with Crippen molar-refractivity contribution >= 4 is 16.8 Å². The van der Waals surface area contributed by atoms with E-state index in [-0.39, 0.29) is 11.3 Å². The highest BCUT2D eigenvalue weighted by Gasteiger charge is 2.30. The highest BCUT2D eigenvalue weighted by molar-refractivity contribution is 5.87. The fourth-order valence-electron chi connectivity index (χ4n) is 3.03. The number of nitrogens with two attached hydrogens (primary N) is 1. The molecule has 5 heteroatoms. The third-order valence-electron chi connectivity index (χ3n) is 3.92. The Labute approximate surface area is 124 Å². The van der Waals surface area contributed by atoms with Crippen LogP contribution >= 0.6 is 0 Å². The second kappa shape index (κ2) is 4.84. The summed E-state index contributed by atoms with van der Waals surface area (Å²) >= 11 is 0. The van der Waals surface area contributed by atoms with Gasteiger partial charge >= 0.3 is 0 Å². The minimum absolute atomic E-state index is 0.0396. The maximum Gasteiger partial charge on any atom is 0.240 e. The summed E-state index contributed by atoms with van der Waals surface area (Å²) < 4.78 is 0. The van der Waals surface area contributed by atoms with Crippen molar-refractivity contribution < 1.29 is 4.79 Å². The van der Waals surface area contributed by atoms with Crippen molar-refractivity contribution in [3.05, 3.63) is 29.5 Å². The molecule has 3 N–H and O–H groups in total. The second-order valence-corrected chi connectivity index (χ2v) is 7.10. The van der Waals surface area contributed by atoms with E-state index >= 15 is 0 Å². The molecule has 1 aromatic heterocycles. The molecular weight excluding hydrogens is 264 g/mol. The number of aromatic amines is 1. The van der Waals surface area contributed by atoms with Gasteiger partial charge in [0.05, 0.1) is 17.8 Å². The molecule has 5 nitrogen and oxygen atoms in total. The molecule has 0 radical (unpaired) electrons. The smallest absolute Gasteiger partial charge is 0.240 e. The molecule has 1 unspecified atom stereocenters. The van der Waals surface area contributed by atoms with Gasteiger partial charge in [0.1, 0.15) is 0 Å². The number of hydrogen-bond acceptors (Lipinski definition) is 3. The highest BCUT2D eigenvalue weighted by Crippen LogP contribution is 2.28. The zero-order valence-corrected chi connectivity index (χ0v) is 12.8. The van der Waals surface area contributed by atoms with Crippen LogP contribution in [-0.4, -0.2) is 33.6 Å². The molecule has 1 aromatic carbocycles. The van der Waals surface area contributed by atoms with Crippen molar-refractivity contribution in [1.82, 2.24) is 15.1 Å². The monoisotopic (exact) mass is 286 g/mol. The molecule has 21 heavy (non-hydrogen) atoms. The van der Waals surface area contributed by atoms with Gasteiger partial charge in [0.15, 0.2) is 0 Å². The summed E-state index contributed by atoms with van der Waals surface area (Å²) in [5.74, 6) is 0.0396. The summed E-state index contributed by atoms with van der Waals surface area (Å²) in [6.45, 7) is 7.71. The van der Waals surface area contributed by atoms with Gasteiger partial charge in [-0.1, -0.05) is 26.8 Å². The highest BCUT2D eigenvalue weighted by atomic mass is 16.2. The number of nitrogens with zero attached hydrogens (tertiary/aromatic N) is 2. The van der Waals surface area contributed by atoms with Gasteiger partial charge in [-0.3, -0.25) is 9.89 Å². The SMILES string of the molecule is CC(C)(C)CN1Cc2c(ccc3[nH]ncc23)CC(N)C1=O. The largest absolute Gasteiger partial charge is 0.336 e. The van der Waals surface area contributed by atoms with E-state index in [1.807, 2.05) is 17.2 Å². The number of rotatable bonds is 1. The van der Waals surface area contributed by atoms with Crippen LogP contribution in [0.2, 0.25) is 0 Å². The Bertz CT molecular complexity index is 683. The zero-order valence-electron chi connectivity index (χ0n) is 12.8. The van der Waals surface area contributed by atoms with E-state index in [0.717, 1.165) is 16.5 Å². The minimum Gasteiger partial charge on any atom is -0.336 e. The van der Waals surface area contributed by atoms with Crippen LogP contribution in [0.3, 0.4) is 0 Å². The van der Waals surface area contributed by atoms with E-state index in [4.69, 9.17) is 5.73 Å². The standard InChI is InChI=1S/C16H22N4O/c1-16(2,3)9-20-8-12-10(6-13(17)15(20)21)4-5-14-11(12)7-18-19-14/h4-5,7,13H,6,8-9,17H2,1-3H3,(H,18,19). The molecule has 1 aliphatic rings. The lowest BCUT2D eigenvalue weighted by molar-refractivity contribution is -0.134. The van der Waals surface area contributed by atoms with Crippen LogP contribution in [0.25, 0.3) is 10.9 Å². The Kier molecular flexibility index (Phi) is 3.24. The quantitative estimate of drug-likeness (QED) is 0.839. The van der Waals surface area contributed by atoms with Gasteiger partial charge in [-0.05, 0) is 29.0 Å². The average molecular weight is 286 g/mol. The van der Waals surface area contributed by atoms with Gasteiger partial charge < -0.3 is 10.6 Å². The Hall–Kier alpha value is -1.88. The Balaban J connectivity index is 2.06. The molecule has 0 saturated heterocycles. The Morgan fingerprint density at radius 2 is 2.19 bits per heavy atom. The second-order valence-electron chi connectivity index (χ2n) is 7.10. The first-order chi connectivity index (χ1) is 9.85. The normalized spacial score (nSPS) is 19.7. The van der Waals surface area contributed by atoms with Gasteiger partial charge in [-0.15, -0.1) is 0 Å². The van der Waals surface area contributed by atoms with Crippen LogP contribution in [-0.2, 0) is 17.8 Å². The van der Waals surface area contributed by atoms with Crippen molar-refractivity contribution in [2.45, 2.75) is 39.8 Å². The van der Waals surface area contributed by atoms with Crippen molar-refractivity contribution in [2.24, 2.45) is 11.1 Å². The van der Waals surface area contributed by atoms with E-state index < -0.39 is 6.04 Å². The number of benzene rings is 1. The van der Waals surface area contributed by atoms with Crippen LogP contribution in [0.1, 0.15) is 31.9 Å². The number of hydrogen-bond donors (Lipinski definition) is 2. The number of carbonyl (C=O) groups is 1. The van der Waals surface area contributed by atoms with Crippen molar-refractivity contribution in [1.29, 1.82) is 0 Å². The average Bonchev–Trinajstić information content (AvgIpc) is 2.82. The van der Waals surface area contributed by atoms with Crippen molar-refractivity contribution in [2.75, 3.05) is 6.54 Å². The third kappa shape index (κ3) is 2.65. The topological polar surface area (TPSA) is 75.0 Å². The van der Waals surface area contributed by atoms with Gasteiger partial charge in [0.2, 0.25) is 5.91 Å². The molecule has 0 bridgehead atoms. The van der Waals surface area contributed by atoms with E-state index in [1.54, 1.807) is 0 Å². The fraction of sp³-hybridized carbons (Fsp3) is 0.500. The van der Waals surface area contributed by atoms with E-state index in [2.05, 4.69) is 37.0 Å². The molecule has 0 saturated carbocycles. The number of H-pyrrole nitrogens is 1. The van der Waals surface area contributed by atoms with Gasteiger partial charge in [0, 0.05) is 18.5 Å². The predicted octanol–water partition coefficient (Wildman–Crippen LogP) is 1.82. The summed E-state index contributed by atoms with van der Waals surface area (Å²) in [7, 11) is 0. The van der Waals surface area contributed by atoms with Gasteiger partial charge in [-0.2, -0.15) is 5.10 Å². The molecule has 3 rings (SSSR count). The van der Waals surface area contributed by atoms with Gasteiger partial charge in [0.25, 0.3) is 0 Å². The molecule has 2 aromatic rings. The number of aromatic nitrogens is 2.